The van der Waals surface area contributed by atoms with Gasteiger partial charge in [-0.3, -0.25) is 9.59 Å². The molecule has 1 saturated carbocycles. The summed E-state index contributed by atoms with van der Waals surface area (Å²) >= 11 is 0. The molecule has 2 fully saturated rings. The van der Waals surface area contributed by atoms with Crippen LogP contribution < -0.4 is 0 Å². The fraction of sp³-hybridized carbons (Fsp3) is 0.619. The summed E-state index contributed by atoms with van der Waals surface area (Å²) < 4.78 is 1.71. The zero-order chi connectivity index (χ0) is 20.0. The van der Waals surface area contributed by atoms with E-state index in [2.05, 4.69) is 23.9 Å². The van der Waals surface area contributed by atoms with E-state index in [0.717, 1.165) is 17.9 Å². The number of carbonyl (C=O) groups is 2. The van der Waals surface area contributed by atoms with E-state index in [9.17, 15) is 9.59 Å². The Balaban J connectivity index is 1.63. The topological polar surface area (TPSA) is 70.8 Å². The smallest absolute Gasteiger partial charge is 0.259 e. The molecule has 7 heteroatoms. The first-order valence-corrected chi connectivity index (χ1v) is 10.3. The van der Waals surface area contributed by atoms with Crippen LogP contribution in [-0.4, -0.2) is 61.9 Å². The summed E-state index contributed by atoms with van der Waals surface area (Å²) in [7, 11) is 0. The van der Waals surface area contributed by atoms with Crippen molar-refractivity contribution < 1.29 is 9.59 Å². The van der Waals surface area contributed by atoms with Gasteiger partial charge in [0, 0.05) is 37.4 Å². The number of amides is 2. The SMILES string of the molecule is Cc1cc(C)n2ncc(C(=O)N3CCC(=O)N(CC4CC4)C(C(C)C)C3)c2n1. The highest BCUT2D eigenvalue weighted by Crippen LogP contribution is 2.32. The maximum Gasteiger partial charge on any atom is 0.259 e. The Kier molecular flexibility index (Phi) is 4.85. The predicted octanol–water partition coefficient (Wildman–Crippen LogP) is 2.46. The van der Waals surface area contributed by atoms with Gasteiger partial charge in [-0.25, -0.2) is 9.50 Å². The minimum atomic E-state index is -0.0841. The number of aromatic nitrogens is 3. The number of hydrogen-bond acceptors (Lipinski definition) is 4. The highest BCUT2D eigenvalue weighted by molar-refractivity contribution is 6.00. The molecule has 2 aliphatic rings. The van der Waals surface area contributed by atoms with Gasteiger partial charge >= 0.3 is 0 Å². The number of nitrogens with zero attached hydrogens (tertiary/aromatic N) is 5. The van der Waals surface area contributed by atoms with Crippen molar-refractivity contribution in [1.29, 1.82) is 0 Å². The van der Waals surface area contributed by atoms with Crippen molar-refractivity contribution in [3.63, 3.8) is 0 Å². The molecule has 1 aliphatic heterocycles. The fourth-order valence-corrected chi connectivity index (χ4v) is 4.14. The van der Waals surface area contributed by atoms with Crippen molar-refractivity contribution in [3.8, 4) is 0 Å². The summed E-state index contributed by atoms with van der Waals surface area (Å²) in [4.78, 5) is 34.6. The molecule has 150 valence electrons. The lowest BCUT2D eigenvalue weighted by atomic mass is 10.0. The molecule has 7 nitrogen and oxygen atoms in total. The summed E-state index contributed by atoms with van der Waals surface area (Å²) in [5, 5.41) is 4.36. The van der Waals surface area contributed by atoms with Crippen LogP contribution in [0, 0.1) is 25.7 Å². The lowest BCUT2D eigenvalue weighted by Crippen LogP contribution is -2.48. The van der Waals surface area contributed by atoms with Gasteiger partial charge in [-0.2, -0.15) is 5.10 Å². The molecule has 0 radical (unpaired) electrons. The molecule has 2 aromatic heterocycles. The van der Waals surface area contributed by atoms with Gasteiger partial charge in [0.1, 0.15) is 5.56 Å². The molecule has 0 N–H and O–H groups in total. The number of hydrogen-bond donors (Lipinski definition) is 0. The van der Waals surface area contributed by atoms with Gasteiger partial charge in [0.2, 0.25) is 5.91 Å². The first-order chi connectivity index (χ1) is 13.3. The second kappa shape index (κ2) is 7.18. The van der Waals surface area contributed by atoms with Crippen LogP contribution >= 0.6 is 0 Å². The van der Waals surface area contributed by atoms with Gasteiger partial charge in [-0.1, -0.05) is 13.8 Å². The summed E-state index contributed by atoms with van der Waals surface area (Å²) in [5.41, 5.74) is 2.91. The zero-order valence-corrected chi connectivity index (χ0v) is 17.2. The molecule has 0 bridgehead atoms. The van der Waals surface area contributed by atoms with Crippen LogP contribution in [0.1, 0.15) is 54.9 Å². The summed E-state index contributed by atoms with van der Waals surface area (Å²) in [6.45, 7) is 9.99. The molecule has 0 aromatic carbocycles. The van der Waals surface area contributed by atoms with Gasteiger partial charge < -0.3 is 9.80 Å². The normalized spacial score (nSPS) is 20.9. The third kappa shape index (κ3) is 3.50. The van der Waals surface area contributed by atoms with E-state index < -0.39 is 0 Å². The van der Waals surface area contributed by atoms with Crippen LogP contribution in [0.5, 0.6) is 0 Å². The highest BCUT2D eigenvalue weighted by atomic mass is 16.2. The fourth-order valence-electron chi connectivity index (χ4n) is 4.14. The molecule has 2 amide bonds. The first-order valence-electron chi connectivity index (χ1n) is 10.3. The Labute approximate surface area is 165 Å². The summed E-state index contributed by atoms with van der Waals surface area (Å²) in [6.07, 6.45) is 4.41. The van der Waals surface area contributed by atoms with Gasteiger partial charge in [0.05, 0.1) is 12.2 Å². The third-order valence-electron chi connectivity index (χ3n) is 5.94. The van der Waals surface area contributed by atoms with Crippen molar-refractivity contribution in [2.24, 2.45) is 11.8 Å². The lowest BCUT2D eigenvalue weighted by Gasteiger charge is -2.34. The molecular formula is C21H29N5O2. The molecule has 1 atom stereocenters. The minimum Gasteiger partial charge on any atom is -0.337 e. The van der Waals surface area contributed by atoms with Crippen molar-refractivity contribution in [2.75, 3.05) is 19.6 Å². The van der Waals surface area contributed by atoms with Crippen LogP contribution in [0.15, 0.2) is 12.3 Å². The van der Waals surface area contributed by atoms with Gasteiger partial charge in [0.25, 0.3) is 5.91 Å². The standard InChI is InChI=1S/C21H29N5O2/c1-13(2)18-12-24(8-7-19(27)25(18)11-16-5-6-16)21(28)17-10-22-26-15(4)9-14(3)23-20(17)26/h9-10,13,16,18H,5-8,11-12H2,1-4H3. The number of rotatable bonds is 4. The zero-order valence-electron chi connectivity index (χ0n) is 17.2. The van der Waals surface area contributed by atoms with Crippen molar-refractivity contribution in [3.05, 3.63) is 29.2 Å². The molecular weight excluding hydrogens is 354 g/mol. The minimum absolute atomic E-state index is 0.0535. The Morgan fingerprint density at radius 1 is 1.29 bits per heavy atom. The van der Waals surface area contributed by atoms with E-state index in [1.165, 1.54) is 12.8 Å². The van der Waals surface area contributed by atoms with E-state index in [1.54, 1.807) is 10.7 Å². The second-order valence-electron chi connectivity index (χ2n) is 8.63. The Bertz CT molecular complexity index is 915. The predicted molar refractivity (Wildman–Crippen MR) is 106 cm³/mol. The van der Waals surface area contributed by atoms with E-state index in [1.807, 2.05) is 29.7 Å². The summed E-state index contributed by atoms with van der Waals surface area (Å²) in [5.74, 6) is 1.02. The lowest BCUT2D eigenvalue weighted by molar-refractivity contribution is -0.133. The molecule has 4 rings (SSSR count). The van der Waals surface area contributed by atoms with Crippen LogP contribution in [0.4, 0.5) is 0 Å². The number of fused-ring (bicyclic) bond motifs is 1. The van der Waals surface area contributed by atoms with Crippen LogP contribution in [-0.2, 0) is 4.79 Å². The number of carbonyl (C=O) groups excluding carboxylic acids is 2. The van der Waals surface area contributed by atoms with Crippen molar-refractivity contribution in [2.45, 2.75) is 53.0 Å². The number of aryl methyl sites for hydroxylation is 2. The first kappa shape index (κ1) is 18.9. The highest BCUT2D eigenvalue weighted by Gasteiger charge is 2.37. The van der Waals surface area contributed by atoms with E-state index in [0.29, 0.717) is 42.6 Å². The largest absolute Gasteiger partial charge is 0.337 e. The molecule has 0 spiro atoms. The third-order valence-corrected chi connectivity index (χ3v) is 5.94. The van der Waals surface area contributed by atoms with Crippen molar-refractivity contribution in [1.82, 2.24) is 24.4 Å². The molecule has 1 aliphatic carbocycles. The van der Waals surface area contributed by atoms with Gasteiger partial charge in [-0.05, 0) is 44.6 Å². The monoisotopic (exact) mass is 383 g/mol. The average molecular weight is 383 g/mol. The van der Waals surface area contributed by atoms with E-state index in [-0.39, 0.29) is 17.9 Å². The van der Waals surface area contributed by atoms with E-state index in [4.69, 9.17) is 0 Å². The van der Waals surface area contributed by atoms with Crippen LogP contribution in [0.2, 0.25) is 0 Å². The molecule has 28 heavy (non-hydrogen) atoms. The van der Waals surface area contributed by atoms with Gasteiger partial charge in [-0.15, -0.1) is 0 Å². The second-order valence-corrected chi connectivity index (χ2v) is 8.63. The molecule has 1 unspecified atom stereocenters. The average Bonchev–Trinajstić information content (AvgIpc) is 3.38. The molecule has 2 aromatic rings. The van der Waals surface area contributed by atoms with Crippen molar-refractivity contribution >= 4 is 17.5 Å². The summed E-state index contributed by atoms with van der Waals surface area (Å²) in [6, 6.07) is 2.00. The quantitative estimate of drug-likeness (QED) is 0.813. The Morgan fingerprint density at radius 2 is 2.04 bits per heavy atom. The Hall–Kier alpha value is -2.44. The van der Waals surface area contributed by atoms with Gasteiger partial charge in [0.15, 0.2) is 5.65 Å². The van der Waals surface area contributed by atoms with Crippen LogP contribution in [0.3, 0.4) is 0 Å². The Morgan fingerprint density at radius 3 is 2.71 bits per heavy atom. The maximum absolute atomic E-state index is 13.4. The van der Waals surface area contributed by atoms with Crippen LogP contribution in [0.25, 0.3) is 5.65 Å². The van der Waals surface area contributed by atoms with E-state index >= 15 is 0 Å². The maximum atomic E-state index is 13.4. The molecule has 3 heterocycles. The molecule has 1 saturated heterocycles.